The summed E-state index contributed by atoms with van der Waals surface area (Å²) >= 11 is 3.26. The maximum Gasteiger partial charge on any atom is 0.243 e. The van der Waals surface area contributed by atoms with Crippen LogP contribution in [-0.4, -0.2) is 42.4 Å². The number of hydrogen-bond acceptors (Lipinski definition) is 4. The highest BCUT2D eigenvalue weighted by atomic mass is 79.9. The Morgan fingerprint density at radius 3 is 2.68 bits per heavy atom. The van der Waals surface area contributed by atoms with E-state index < -0.39 is 15.9 Å². The van der Waals surface area contributed by atoms with Crippen LogP contribution in [0, 0.1) is 0 Å². The van der Waals surface area contributed by atoms with E-state index in [0.29, 0.717) is 11.2 Å². The molecule has 0 spiro atoms. The van der Waals surface area contributed by atoms with Crippen molar-refractivity contribution in [3.63, 3.8) is 0 Å². The Hall–Kier alpha value is -2.23. The fraction of sp³-hybridized carbons (Fsp3) is 0.125. The standard InChI is InChI=1S/C16H15BrN4O3S/c1-21(25(23,24)13-7-5-12(17)6-8-13)10-15(22)19-14-4-2-3-11-9-18-20-16(11)14/h2-9H,10H2,1H3,(H,18,20)(H,19,22). The number of benzene rings is 2. The molecule has 0 saturated heterocycles. The van der Waals surface area contributed by atoms with Gasteiger partial charge >= 0.3 is 0 Å². The van der Waals surface area contributed by atoms with Crippen LogP contribution in [0.5, 0.6) is 0 Å². The SMILES string of the molecule is CN(CC(=O)Nc1cccc2cn[nH]c12)S(=O)(=O)c1ccc(Br)cc1. The van der Waals surface area contributed by atoms with Gasteiger partial charge in [0.15, 0.2) is 0 Å². The molecule has 1 heterocycles. The Balaban J connectivity index is 1.74. The molecular weight excluding hydrogens is 408 g/mol. The maximum absolute atomic E-state index is 12.5. The smallest absolute Gasteiger partial charge is 0.243 e. The average Bonchev–Trinajstić information content (AvgIpc) is 3.05. The summed E-state index contributed by atoms with van der Waals surface area (Å²) in [5, 5.41) is 10.3. The van der Waals surface area contributed by atoms with E-state index in [1.165, 1.54) is 19.2 Å². The third kappa shape index (κ3) is 3.73. The Labute approximate surface area is 153 Å². The lowest BCUT2D eigenvalue weighted by atomic mass is 10.2. The topological polar surface area (TPSA) is 95.2 Å². The van der Waals surface area contributed by atoms with Crippen molar-refractivity contribution in [1.82, 2.24) is 14.5 Å². The fourth-order valence-electron chi connectivity index (χ4n) is 2.34. The lowest BCUT2D eigenvalue weighted by molar-refractivity contribution is -0.116. The van der Waals surface area contributed by atoms with Gasteiger partial charge in [-0.3, -0.25) is 9.89 Å². The molecule has 0 saturated carbocycles. The molecule has 25 heavy (non-hydrogen) atoms. The first-order valence-electron chi connectivity index (χ1n) is 7.32. The van der Waals surface area contributed by atoms with Gasteiger partial charge in [0.25, 0.3) is 0 Å². The van der Waals surface area contributed by atoms with Crippen molar-refractivity contribution < 1.29 is 13.2 Å². The molecule has 1 amide bonds. The summed E-state index contributed by atoms with van der Waals surface area (Å²) in [6.07, 6.45) is 1.65. The van der Waals surface area contributed by atoms with Gasteiger partial charge in [-0.25, -0.2) is 8.42 Å². The molecule has 2 aromatic carbocycles. The number of fused-ring (bicyclic) bond motifs is 1. The first kappa shape index (κ1) is 17.6. The molecular formula is C16H15BrN4O3S. The van der Waals surface area contributed by atoms with E-state index in [4.69, 9.17) is 0 Å². The normalized spacial score (nSPS) is 11.8. The molecule has 7 nitrogen and oxygen atoms in total. The summed E-state index contributed by atoms with van der Waals surface area (Å²) in [4.78, 5) is 12.4. The molecule has 0 fully saturated rings. The molecule has 9 heteroatoms. The molecule has 3 rings (SSSR count). The number of halogens is 1. The maximum atomic E-state index is 12.5. The molecule has 0 aliphatic heterocycles. The number of nitrogens with one attached hydrogen (secondary N) is 2. The summed E-state index contributed by atoms with van der Waals surface area (Å²) < 4.78 is 26.8. The first-order valence-corrected chi connectivity index (χ1v) is 9.55. The van der Waals surface area contributed by atoms with Crippen LogP contribution in [0.25, 0.3) is 10.9 Å². The lowest BCUT2D eigenvalue weighted by Crippen LogP contribution is -2.35. The molecule has 0 bridgehead atoms. The van der Waals surface area contributed by atoms with Crippen LogP contribution in [0.2, 0.25) is 0 Å². The molecule has 0 aliphatic rings. The van der Waals surface area contributed by atoms with E-state index in [0.717, 1.165) is 14.2 Å². The van der Waals surface area contributed by atoms with Gasteiger partial charge in [-0.1, -0.05) is 28.1 Å². The number of rotatable bonds is 5. The van der Waals surface area contributed by atoms with Crippen LogP contribution in [0.15, 0.2) is 58.0 Å². The molecule has 0 unspecified atom stereocenters. The number of nitrogens with zero attached hydrogens (tertiary/aromatic N) is 2. The minimum Gasteiger partial charge on any atom is -0.323 e. The number of hydrogen-bond donors (Lipinski definition) is 2. The van der Waals surface area contributed by atoms with Crippen LogP contribution >= 0.6 is 15.9 Å². The van der Waals surface area contributed by atoms with Crippen molar-refractivity contribution >= 4 is 48.5 Å². The highest BCUT2D eigenvalue weighted by Gasteiger charge is 2.23. The molecule has 0 aliphatic carbocycles. The largest absolute Gasteiger partial charge is 0.323 e. The molecule has 0 radical (unpaired) electrons. The zero-order valence-electron chi connectivity index (χ0n) is 13.2. The van der Waals surface area contributed by atoms with Crippen molar-refractivity contribution in [2.75, 3.05) is 18.9 Å². The summed E-state index contributed by atoms with van der Waals surface area (Å²) in [7, 11) is -2.37. The zero-order chi connectivity index (χ0) is 18.0. The summed E-state index contributed by atoms with van der Waals surface area (Å²) in [6, 6.07) is 11.6. The summed E-state index contributed by atoms with van der Waals surface area (Å²) in [5.74, 6) is -0.440. The number of carbonyl (C=O) groups excluding carboxylic acids is 1. The number of likely N-dealkylation sites (N-methyl/N-ethyl adjacent to an activating group) is 1. The average molecular weight is 423 g/mol. The highest BCUT2D eigenvalue weighted by Crippen LogP contribution is 2.21. The molecule has 1 aromatic heterocycles. The van der Waals surface area contributed by atoms with E-state index >= 15 is 0 Å². The minimum absolute atomic E-state index is 0.127. The van der Waals surface area contributed by atoms with Gasteiger partial charge in [0, 0.05) is 16.9 Å². The van der Waals surface area contributed by atoms with Gasteiger partial charge in [-0.2, -0.15) is 9.40 Å². The van der Waals surface area contributed by atoms with Crippen molar-refractivity contribution in [2.45, 2.75) is 4.90 Å². The monoisotopic (exact) mass is 422 g/mol. The van der Waals surface area contributed by atoms with Gasteiger partial charge in [0.1, 0.15) is 0 Å². The number of aromatic nitrogens is 2. The summed E-state index contributed by atoms with van der Waals surface area (Å²) in [6.45, 7) is -0.303. The van der Waals surface area contributed by atoms with Crippen molar-refractivity contribution in [1.29, 1.82) is 0 Å². The van der Waals surface area contributed by atoms with E-state index in [9.17, 15) is 13.2 Å². The van der Waals surface area contributed by atoms with Gasteiger partial charge in [0.2, 0.25) is 15.9 Å². The van der Waals surface area contributed by atoms with Crippen molar-refractivity contribution in [3.05, 3.63) is 53.1 Å². The van der Waals surface area contributed by atoms with Crippen LogP contribution in [-0.2, 0) is 14.8 Å². The van der Waals surface area contributed by atoms with Crippen molar-refractivity contribution in [2.24, 2.45) is 0 Å². The number of amides is 1. The number of carbonyl (C=O) groups is 1. The Morgan fingerprint density at radius 1 is 1.24 bits per heavy atom. The quantitative estimate of drug-likeness (QED) is 0.660. The minimum atomic E-state index is -3.74. The predicted molar refractivity (Wildman–Crippen MR) is 98.7 cm³/mol. The van der Waals surface area contributed by atoms with Gasteiger partial charge in [0.05, 0.1) is 28.8 Å². The highest BCUT2D eigenvalue weighted by molar-refractivity contribution is 9.10. The number of aromatic amines is 1. The number of anilines is 1. The van der Waals surface area contributed by atoms with Crippen molar-refractivity contribution in [3.8, 4) is 0 Å². The Bertz CT molecular complexity index is 1020. The van der Waals surface area contributed by atoms with E-state index in [-0.39, 0.29) is 11.4 Å². The van der Waals surface area contributed by atoms with Gasteiger partial charge in [-0.15, -0.1) is 0 Å². The van der Waals surface area contributed by atoms with Gasteiger partial charge in [-0.05, 0) is 30.3 Å². The van der Waals surface area contributed by atoms with E-state index in [2.05, 4.69) is 31.4 Å². The molecule has 0 atom stereocenters. The number of para-hydroxylation sites is 1. The second kappa shape index (κ2) is 6.95. The third-order valence-electron chi connectivity index (χ3n) is 3.64. The predicted octanol–water partition coefficient (Wildman–Crippen LogP) is 2.58. The Kier molecular flexibility index (Phi) is 4.89. The second-order valence-corrected chi connectivity index (χ2v) is 8.36. The van der Waals surface area contributed by atoms with Gasteiger partial charge < -0.3 is 5.32 Å². The molecule has 3 aromatic rings. The summed E-state index contributed by atoms with van der Waals surface area (Å²) in [5.41, 5.74) is 1.24. The molecule has 2 N–H and O–H groups in total. The first-order chi connectivity index (χ1) is 11.9. The van der Waals surface area contributed by atoms with Crippen LogP contribution < -0.4 is 5.32 Å². The van der Waals surface area contributed by atoms with Crippen LogP contribution in [0.3, 0.4) is 0 Å². The fourth-order valence-corrected chi connectivity index (χ4v) is 3.73. The number of sulfonamides is 1. The Morgan fingerprint density at radius 2 is 1.96 bits per heavy atom. The van der Waals surface area contributed by atoms with E-state index in [1.807, 2.05) is 6.07 Å². The third-order valence-corrected chi connectivity index (χ3v) is 5.99. The number of H-pyrrole nitrogens is 1. The second-order valence-electron chi connectivity index (χ2n) is 5.40. The zero-order valence-corrected chi connectivity index (χ0v) is 15.6. The van der Waals surface area contributed by atoms with Crippen LogP contribution in [0.1, 0.15) is 0 Å². The van der Waals surface area contributed by atoms with E-state index in [1.54, 1.807) is 30.5 Å². The van der Waals surface area contributed by atoms with Crippen LogP contribution in [0.4, 0.5) is 5.69 Å². The molecule has 130 valence electrons. The lowest BCUT2D eigenvalue weighted by Gasteiger charge is -2.17.